The summed E-state index contributed by atoms with van der Waals surface area (Å²) < 4.78 is 11.1. The lowest BCUT2D eigenvalue weighted by molar-refractivity contribution is -0.149. The van der Waals surface area contributed by atoms with Crippen molar-refractivity contribution in [3.05, 3.63) is 34.2 Å². The molecule has 2 N–H and O–H groups in total. The molecule has 1 atom stereocenters. The Morgan fingerprint density at radius 2 is 1.96 bits per heavy atom. The summed E-state index contributed by atoms with van der Waals surface area (Å²) in [6, 6.07) is 5.87. The second-order valence-corrected chi connectivity index (χ2v) is 6.94. The summed E-state index contributed by atoms with van der Waals surface area (Å²) >= 11 is 0. The van der Waals surface area contributed by atoms with Gasteiger partial charge in [0.2, 0.25) is 5.91 Å². The van der Waals surface area contributed by atoms with Crippen LogP contribution in [0, 0.1) is 0 Å². The topological polar surface area (TPSA) is 87.4 Å². The summed E-state index contributed by atoms with van der Waals surface area (Å²) in [5.74, 6) is 0.185. The van der Waals surface area contributed by atoms with Crippen molar-refractivity contribution in [1.82, 2.24) is 14.9 Å². The molecular formula is C18H23N3O4. The number of imidazole rings is 1. The van der Waals surface area contributed by atoms with Crippen molar-refractivity contribution in [2.75, 3.05) is 33.0 Å². The summed E-state index contributed by atoms with van der Waals surface area (Å²) in [5, 5.41) is 0. The third-order valence-electron chi connectivity index (χ3n) is 5.22. The lowest BCUT2D eigenvalue weighted by Gasteiger charge is -2.43. The molecule has 1 aromatic heterocycles. The highest BCUT2D eigenvalue weighted by molar-refractivity contribution is 5.77. The number of aromatic amines is 2. The lowest BCUT2D eigenvalue weighted by Crippen LogP contribution is -2.59. The van der Waals surface area contributed by atoms with E-state index in [1.165, 1.54) is 0 Å². The third kappa shape index (κ3) is 3.21. The maximum Gasteiger partial charge on any atom is 0.323 e. The fourth-order valence-corrected chi connectivity index (χ4v) is 3.86. The monoisotopic (exact) mass is 345 g/mol. The van der Waals surface area contributed by atoms with Crippen molar-refractivity contribution in [3.63, 3.8) is 0 Å². The Balaban J connectivity index is 1.36. The molecule has 134 valence electrons. The van der Waals surface area contributed by atoms with Gasteiger partial charge in [-0.2, -0.15) is 0 Å². The van der Waals surface area contributed by atoms with Gasteiger partial charge in [0.15, 0.2) is 0 Å². The quantitative estimate of drug-likeness (QED) is 0.872. The molecule has 0 saturated carbocycles. The fourth-order valence-electron chi connectivity index (χ4n) is 3.86. The number of carbonyl (C=O) groups is 1. The second kappa shape index (κ2) is 6.65. The van der Waals surface area contributed by atoms with Crippen LogP contribution in [0.1, 0.15) is 24.8 Å². The predicted molar refractivity (Wildman–Crippen MR) is 92.6 cm³/mol. The maximum absolute atomic E-state index is 12.7. The zero-order valence-corrected chi connectivity index (χ0v) is 14.2. The zero-order chi connectivity index (χ0) is 17.3. The molecule has 3 heterocycles. The van der Waals surface area contributed by atoms with Crippen molar-refractivity contribution >= 4 is 16.9 Å². The van der Waals surface area contributed by atoms with Crippen LogP contribution >= 0.6 is 0 Å². The molecule has 0 bridgehead atoms. The van der Waals surface area contributed by atoms with Crippen molar-refractivity contribution in [3.8, 4) is 0 Å². The molecule has 2 aliphatic heterocycles. The fraction of sp³-hybridized carbons (Fsp3) is 0.556. The van der Waals surface area contributed by atoms with Crippen LogP contribution in [0.4, 0.5) is 0 Å². The zero-order valence-electron chi connectivity index (χ0n) is 14.2. The number of carbonyl (C=O) groups excluding carboxylic acids is 1. The van der Waals surface area contributed by atoms with Crippen LogP contribution in [0.3, 0.4) is 0 Å². The minimum absolute atomic E-state index is 0.185. The van der Waals surface area contributed by atoms with E-state index in [-0.39, 0.29) is 17.1 Å². The first-order chi connectivity index (χ1) is 12.2. The van der Waals surface area contributed by atoms with E-state index >= 15 is 0 Å². The Labute approximate surface area is 145 Å². The number of hydrogen-bond donors (Lipinski definition) is 2. The van der Waals surface area contributed by atoms with Gasteiger partial charge in [-0.1, -0.05) is 6.07 Å². The molecule has 4 rings (SSSR count). The first-order valence-corrected chi connectivity index (χ1v) is 8.83. The van der Waals surface area contributed by atoms with Gasteiger partial charge in [-0.05, 0) is 37.0 Å². The van der Waals surface area contributed by atoms with Gasteiger partial charge in [-0.3, -0.25) is 4.79 Å². The number of ether oxygens (including phenoxy) is 2. The molecule has 2 aliphatic rings. The molecule has 25 heavy (non-hydrogen) atoms. The van der Waals surface area contributed by atoms with Crippen LogP contribution < -0.4 is 5.69 Å². The highest BCUT2D eigenvalue weighted by Gasteiger charge is 2.45. The van der Waals surface area contributed by atoms with Crippen LogP contribution in [0.5, 0.6) is 0 Å². The summed E-state index contributed by atoms with van der Waals surface area (Å²) in [6.07, 6.45) is 2.97. The minimum atomic E-state index is -0.251. The molecule has 1 amide bonds. The number of nitrogens with one attached hydrogen (secondary N) is 2. The standard InChI is InChI=1S/C18H23N3O4/c22-16(21-7-9-25-12-18(21)6-8-24-11-18)3-1-2-13-4-5-14-15(10-13)20-17(23)19-14/h4-5,10H,1-3,6-9,11-12H2,(H2,19,20,23). The van der Waals surface area contributed by atoms with Gasteiger partial charge in [0, 0.05) is 19.6 Å². The van der Waals surface area contributed by atoms with Gasteiger partial charge >= 0.3 is 5.69 Å². The van der Waals surface area contributed by atoms with E-state index < -0.39 is 0 Å². The van der Waals surface area contributed by atoms with E-state index in [2.05, 4.69) is 9.97 Å². The molecule has 1 spiro atoms. The smallest absolute Gasteiger partial charge is 0.323 e. The minimum Gasteiger partial charge on any atom is -0.379 e. The van der Waals surface area contributed by atoms with Crippen LogP contribution in [0.2, 0.25) is 0 Å². The summed E-state index contributed by atoms with van der Waals surface area (Å²) in [4.78, 5) is 31.5. The first kappa shape index (κ1) is 16.4. The van der Waals surface area contributed by atoms with E-state index in [1.807, 2.05) is 23.1 Å². The van der Waals surface area contributed by atoms with Crippen molar-refractivity contribution in [2.24, 2.45) is 0 Å². The number of nitrogens with zero attached hydrogens (tertiary/aromatic N) is 1. The van der Waals surface area contributed by atoms with E-state index in [0.29, 0.717) is 39.4 Å². The Hall–Kier alpha value is -2.12. The molecular weight excluding hydrogens is 322 g/mol. The normalized spacial score (nSPS) is 23.6. The maximum atomic E-state index is 12.7. The number of rotatable bonds is 4. The Bertz CT molecular complexity index is 819. The first-order valence-electron chi connectivity index (χ1n) is 8.83. The molecule has 7 heteroatoms. The van der Waals surface area contributed by atoms with Gasteiger partial charge in [-0.25, -0.2) is 4.79 Å². The Kier molecular flexibility index (Phi) is 4.35. The third-order valence-corrected chi connectivity index (χ3v) is 5.22. The molecule has 1 aromatic carbocycles. The number of H-pyrrole nitrogens is 2. The van der Waals surface area contributed by atoms with Crippen LogP contribution in [-0.2, 0) is 20.7 Å². The molecule has 2 saturated heterocycles. The number of benzene rings is 1. The van der Waals surface area contributed by atoms with Crippen LogP contribution in [0.25, 0.3) is 11.0 Å². The number of morpholine rings is 1. The van der Waals surface area contributed by atoms with Gasteiger partial charge in [0.05, 0.1) is 36.4 Å². The largest absolute Gasteiger partial charge is 0.379 e. The van der Waals surface area contributed by atoms with Crippen molar-refractivity contribution < 1.29 is 14.3 Å². The van der Waals surface area contributed by atoms with E-state index in [9.17, 15) is 9.59 Å². The lowest BCUT2D eigenvalue weighted by atomic mass is 9.95. The second-order valence-electron chi connectivity index (χ2n) is 6.94. The molecule has 2 fully saturated rings. The average molecular weight is 345 g/mol. The van der Waals surface area contributed by atoms with Gasteiger partial charge in [0.25, 0.3) is 0 Å². The van der Waals surface area contributed by atoms with Gasteiger partial charge in [0.1, 0.15) is 0 Å². The SMILES string of the molecule is O=C(CCCc1ccc2[nH]c(=O)[nH]c2c1)N1CCOCC12CCOC2. The molecule has 0 radical (unpaired) electrons. The van der Waals surface area contributed by atoms with E-state index in [0.717, 1.165) is 35.9 Å². The highest BCUT2D eigenvalue weighted by Crippen LogP contribution is 2.30. The molecule has 7 nitrogen and oxygen atoms in total. The Morgan fingerprint density at radius 1 is 1.16 bits per heavy atom. The molecule has 1 unspecified atom stereocenters. The van der Waals surface area contributed by atoms with Crippen molar-refractivity contribution in [2.45, 2.75) is 31.2 Å². The average Bonchev–Trinajstić information content (AvgIpc) is 3.21. The van der Waals surface area contributed by atoms with Crippen LogP contribution in [0.15, 0.2) is 23.0 Å². The van der Waals surface area contributed by atoms with E-state index in [4.69, 9.17) is 9.47 Å². The molecule has 0 aliphatic carbocycles. The number of aryl methyl sites for hydroxylation is 1. The van der Waals surface area contributed by atoms with Gasteiger partial charge < -0.3 is 24.3 Å². The summed E-state index contributed by atoms with van der Waals surface area (Å²) in [6.45, 7) is 3.11. The predicted octanol–water partition coefficient (Wildman–Crippen LogP) is 1.20. The number of fused-ring (bicyclic) bond motifs is 1. The highest BCUT2D eigenvalue weighted by atomic mass is 16.5. The molecule has 2 aromatic rings. The van der Waals surface area contributed by atoms with Crippen LogP contribution in [-0.4, -0.2) is 59.3 Å². The number of amides is 1. The number of hydrogen-bond acceptors (Lipinski definition) is 4. The van der Waals surface area contributed by atoms with E-state index in [1.54, 1.807) is 0 Å². The summed E-state index contributed by atoms with van der Waals surface area (Å²) in [5.41, 5.74) is 2.29. The summed E-state index contributed by atoms with van der Waals surface area (Å²) in [7, 11) is 0. The number of aromatic nitrogens is 2. The van der Waals surface area contributed by atoms with Gasteiger partial charge in [-0.15, -0.1) is 0 Å². The van der Waals surface area contributed by atoms with Crippen molar-refractivity contribution in [1.29, 1.82) is 0 Å². The Morgan fingerprint density at radius 3 is 2.80 bits per heavy atom.